The van der Waals surface area contributed by atoms with Crippen LogP contribution in [0.25, 0.3) is 0 Å². The molecule has 8 nitrogen and oxygen atoms in total. The van der Waals surface area contributed by atoms with Gasteiger partial charge in [0, 0.05) is 26.2 Å². The Labute approximate surface area is 179 Å². The van der Waals surface area contributed by atoms with Crippen molar-refractivity contribution in [1.82, 2.24) is 30.3 Å². The maximum absolute atomic E-state index is 5.79. The van der Waals surface area contributed by atoms with E-state index in [1.54, 1.807) is 0 Å². The fraction of sp³-hybridized carbons (Fsp3) is 0.591. The van der Waals surface area contributed by atoms with Gasteiger partial charge in [-0.3, -0.25) is 4.90 Å². The van der Waals surface area contributed by atoms with Gasteiger partial charge in [0.1, 0.15) is 12.4 Å². The normalized spacial score (nSPS) is 17.4. The predicted octanol–water partition coefficient (Wildman–Crippen LogP) is 1.86. The topological polar surface area (TPSA) is 79.6 Å². The van der Waals surface area contributed by atoms with Crippen LogP contribution < -0.4 is 10.6 Å². The number of nitrogens with zero attached hydrogens (tertiary/aromatic N) is 5. The molecule has 1 aromatic heterocycles. The zero-order chi connectivity index (χ0) is 21.2. The van der Waals surface area contributed by atoms with E-state index in [1.165, 1.54) is 24.9 Å². The number of rotatable bonds is 10. The van der Waals surface area contributed by atoms with Crippen molar-refractivity contribution in [2.24, 2.45) is 12.0 Å². The number of benzene rings is 1. The molecule has 1 atom stereocenters. The number of likely N-dealkylation sites (tertiary alicyclic amines) is 1. The monoisotopic (exact) mass is 413 g/mol. The predicted molar refractivity (Wildman–Crippen MR) is 119 cm³/mol. The highest BCUT2D eigenvalue weighted by Gasteiger charge is 2.22. The quantitative estimate of drug-likeness (QED) is 0.352. The molecule has 0 bridgehead atoms. The van der Waals surface area contributed by atoms with Crippen LogP contribution in [0.3, 0.4) is 0 Å². The molecule has 1 unspecified atom stereocenters. The van der Waals surface area contributed by atoms with Gasteiger partial charge in [-0.2, -0.15) is 0 Å². The molecule has 0 aliphatic carbocycles. The molecule has 1 aliphatic heterocycles. The Bertz CT molecular complexity index is 790. The highest BCUT2D eigenvalue weighted by molar-refractivity contribution is 5.79. The zero-order valence-electron chi connectivity index (χ0n) is 18.5. The Balaban J connectivity index is 1.50. The van der Waals surface area contributed by atoms with Crippen molar-refractivity contribution in [1.29, 1.82) is 0 Å². The van der Waals surface area contributed by atoms with E-state index in [9.17, 15) is 0 Å². The molecule has 164 valence electrons. The molecule has 1 saturated heterocycles. The first-order valence-corrected chi connectivity index (χ1v) is 10.9. The average Bonchev–Trinajstić information content (AvgIpc) is 3.36. The summed E-state index contributed by atoms with van der Waals surface area (Å²) in [5.74, 6) is 2.54. The number of aryl methyl sites for hydroxylation is 1. The van der Waals surface area contributed by atoms with Crippen LogP contribution >= 0.6 is 0 Å². The first kappa shape index (κ1) is 22.2. The summed E-state index contributed by atoms with van der Waals surface area (Å²) in [6, 6.07) is 10.8. The highest BCUT2D eigenvalue weighted by atomic mass is 16.5. The fourth-order valence-corrected chi connectivity index (χ4v) is 3.68. The van der Waals surface area contributed by atoms with Gasteiger partial charge in [0.2, 0.25) is 0 Å². The smallest absolute Gasteiger partial charge is 0.191 e. The van der Waals surface area contributed by atoms with Crippen molar-refractivity contribution in [2.45, 2.75) is 45.9 Å². The van der Waals surface area contributed by atoms with Crippen molar-refractivity contribution in [3.63, 3.8) is 0 Å². The second-order valence-electron chi connectivity index (χ2n) is 7.66. The van der Waals surface area contributed by atoms with Gasteiger partial charge in [-0.05, 0) is 38.4 Å². The Kier molecular flexibility index (Phi) is 8.65. The van der Waals surface area contributed by atoms with Crippen molar-refractivity contribution < 1.29 is 4.74 Å². The molecule has 2 N–H and O–H groups in total. The summed E-state index contributed by atoms with van der Waals surface area (Å²) in [4.78, 5) is 7.26. The Morgan fingerprint density at radius 3 is 2.80 bits per heavy atom. The molecule has 0 amide bonds. The number of likely N-dealkylation sites (N-methyl/N-ethyl adjacent to an activating group) is 1. The number of ether oxygens (including phenoxy) is 1. The Morgan fingerprint density at radius 1 is 1.23 bits per heavy atom. The molecule has 1 aliphatic rings. The van der Waals surface area contributed by atoms with Crippen molar-refractivity contribution >= 4 is 5.96 Å². The lowest BCUT2D eigenvalue weighted by molar-refractivity contribution is 0.125. The molecule has 2 heterocycles. The molecular formula is C22H35N7O. The van der Waals surface area contributed by atoms with Crippen LogP contribution in [0.2, 0.25) is 0 Å². The molecule has 3 rings (SSSR count). The van der Waals surface area contributed by atoms with Gasteiger partial charge in [0.15, 0.2) is 11.8 Å². The largest absolute Gasteiger partial charge is 0.375 e. The van der Waals surface area contributed by atoms with Crippen LogP contribution in [0.15, 0.2) is 35.3 Å². The van der Waals surface area contributed by atoms with E-state index in [0.717, 1.165) is 30.7 Å². The molecule has 30 heavy (non-hydrogen) atoms. The molecule has 1 aromatic carbocycles. The Hall–Kier alpha value is -2.45. The number of aliphatic imine (C=N–C) groups is 1. The van der Waals surface area contributed by atoms with Crippen LogP contribution in [0.1, 0.15) is 37.0 Å². The van der Waals surface area contributed by atoms with Gasteiger partial charge in [-0.1, -0.05) is 37.3 Å². The molecule has 1 fully saturated rings. The first-order chi connectivity index (χ1) is 14.7. The third-order valence-electron chi connectivity index (χ3n) is 5.62. The van der Waals surface area contributed by atoms with E-state index < -0.39 is 0 Å². The van der Waals surface area contributed by atoms with Gasteiger partial charge in [0.05, 0.1) is 13.2 Å². The second-order valence-corrected chi connectivity index (χ2v) is 7.66. The van der Waals surface area contributed by atoms with Crippen LogP contribution in [0, 0.1) is 6.92 Å². The lowest BCUT2D eigenvalue weighted by Crippen LogP contribution is -2.45. The van der Waals surface area contributed by atoms with Crippen molar-refractivity contribution in [3.05, 3.63) is 47.5 Å². The minimum atomic E-state index is 0.486. The number of guanidine groups is 1. The van der Waals surface area contributed by atoms with Crippen LogP contribution in [-0.2, 0) is 24.9 Å². The van der Waals surface area contributed by atoms with Gasteiger partial charge in [-0.25, -0.2) is 4.99 Å². The number of hydrogen-bond donors (Lipinski definition) is 2. The van der Waals surface area contributed by atoms with E-state index in [1.807, 2.05) is 36.7 Å². The molecule has 0 spiro atoms. The maximum Gasteiger partial charge on any atom is 0.191 e. The lowest BCUT2D eigenvalue weighted by Gasteiger charge is -2.24. The van der Waals surface area contributed by atoms with Gasteiger partial charge in [0.25, 0.3) is 0 Å². The third-order valence-corrected chi connectivity index (χ3v) is 5.62. The van der Waals surface area contributed by atoms with Gasteiger partial charge >= 0.3 is 0 Å². The minimum absolute atomic E-state index is 0.486. The summed E-state index contributed by atoms with van der Waals surface area (Å²) in [6.07, 6.45) is 2.50. The van der Waals surface area contributed by atoms with E-state index in [2.05, 4.69) is 44.8 Å². The molecule has 0 radical (unpaired) electrons. The zero-order valence-corrected chi connectivity index (χ0v) is 18.5. The maximum atomic E-state index is 5.79. The van der Waals surface area contributed by atoms with Crippen molar-refractivity contribution in [2.75, 3.05) is 32.8 Å². The van der Waals surface area contributed by atoms with Gasteiger partial charge < -0.3 is 19.9 Å². The summed E-state index contributed by atoms with van der Waals surface area (Å²) in [5.41, 5.74) is 1.18. The fourth-order valence-electron chi connectivity index (χ4n) is 3.68. The summed E-state index contributed by atoms with van der Waals surface area (Å²) in [6.45, 7) is 9.76. The molecular weight excluding hydrogens is 378 g/mol. The molecule has 0 saturated carbocycles. The van der Waals surface area contributed by atoms with Crippen LogP contribution in [0.4, 0.5) is 0 Å². The SMILES string of the molecule is CCN1CCCC1CNC(=NCc1nnc(C)n1C)NCCOCc1ccccc1. The van der Waals surface area contributed by atoms with Gasteiger partial charge in [-0.15, -0.1) is 10.2 Å². The molecule has 2 aromatic rings. The minimum Gasteiger partial charge on any atom is -0.375 e. The van der Waals surface area contributed by atoms with Crippen molar-refractivity contribution in [3.8, 4) is 0 Å². The van der Waals surface area contributed by atoms with E-state index in [0.29, 0.717) is 32.3 Å². The average molecular weight is 414 g/mol. The highest BCUT2D eigenvalue weighted by Crippen LogP contribution is 2.15. The van der Waals surface area contributed by atoms with E-state index in [-0.39, 0.29) is 0 Å². The summed E-state index contributed by atoms with van der Waals surface area (Å²) in [5, 5.41) is 15.2. The summed E-state index contributed by atoms with van der Waals surface area (Å²) < 4.78 is 7.76. The number of nitrogens with one attached hydrogen (secondary N) is 2. The molecule has 8 heteroatoms. The van der Waals surface area contributed by atoms with Crippen LogP contribution in [0.5, 0.6) is 0 Å². The number of aromatic nitrogens is 3. The lowest BCUT2D eigenvalue weighted by atomic mass is 10.2. The summed E-state index contributed by atoms with van der Waals surface area (Å²) >= 11 is 0. The van der Waals surface area contributed by atoms with E-state index >= 15 is 0 Å². The van der Waals surface area contributed by atoms with E-state index in [4.69, 9.17) is 9.73 Å². The second kappa shape index (κ2) is 11.7. The third kappa shape index (κ3) is 6.53. The first-order valence-electron chi connectivity index (χ1n) is 10.9. The summed E-state index contributed by atoms with van der Waals surface area (Å²) in [7, 11) is 1.97. The Morgan fingerprint density at radius 2 is 2.07 bits per heavy atom. The number of hydrogen-bond acceptors (Lipinski definition) is 5. The van der Waals surface area contributed by atoms with Crippen LogP contribution in [-0.4, -0.2) is 64.5 Å². The standard InChI is InChI=1S/C22H35N7O/c1-4-29-13-8-11-20(29)15-24-22(25-16-21-27-26-18(2)28(21)3)23-12-14-30-17-19-9-6-5-7-10-19/h5-7,9-10,20H,4,8,11-17H2,1-3H3,(H2,23,24,25).